The van der Waals surface area contributed by atoms with E-state index in [1.807, 2.05) is 0 Å². The van der Waals surface area contributed by atoms with E-state index in [-0.39, 0.29) is 0 Å². The minimum absolute atomic E-state index is 0.527. The van der Waals surface area contributed by atoms with Crippen LogP contribution in [0.3, 0.4) is 0 Å². The van der Waals surface area contributed by atoms with Crippen LogP contribution in [-0.4, -0.2) is 19.3 Å². The molecule has 1 aliphatic carbocycles. The van der Waals surface area contributed by atoms with Crippen LogP contribution in [0.5, 0.6) is 0 Å². The SMILES string of the molecule is Brc1cccc2c1CCC2NC1CCOC1. The Labute approximate surface area is 105 Å². The smallest absolute Gasteiger partial charge is 0.0620 e. The Morgan fingerprint density at radius 1 is 1.31 bits per heavy atom. The average molecular weight is 282 g/mol. The fraction of sp³-hybridized carbons (Fsp3) is 0.538. The van der Waals surface area contributed by atoms with Gasteiger partial charge in [0.1, 0.15) is 0 Å². The third-order valence-electron chi connectivity index (χ3n) is 3.58. The number of benzene rings is 1. The van der Waals surface area contributed by atoms with E-state index in [1.54, 1.807) is 0 Å². The highest BCUT2D eigenvalue weighted by Gasteiger charge is 2.27. The molecule has 3 rings (SSSR count). The molecule has 0 saturated carbocycles. The normalized spacial score (nSPS) is 28.3. The van der Waals surface area contributed by atoms with Crippen molar-refractivity contribution < 1.29 is 4.74 Å². The van der Waals surface area contributed by atoms with Crippen LogP contribution in [0.15, 0.2) is 22.7 Å². The maximum atomic E-state index is 5.41. The number of halogens is 1. The monoisotopic (exact) mass is 281 g/mol. The minimum Gasteiger partial charge on any atom is -0.380 e. The van der Waals surface area contributed by atoms with Crippen molar-refractivity contribution in [3.05, 3.63) is 33.8 Å². The van der Waals surface area contributed by atoms with Crippen LogP contribution in [0, 0.1) is 0 Å². The van der Waals surface area contributed by atoms with Gasteiger partial charge < -0.3 is 10.1 Å². The molecule has 1 saturated heterocycles. The van der Waals surface area contributed by atoms with Gasteiger partial charge in [0.15, 0.2) is 0 Å². The molecule has 16 heavy (non-hydrogen) atoms. The molecule has 1 N–H and O–H groups in total. The van der Waals surface area contributed by atoms with E-state index in [2.05, 4.69) is 39.4 Å². The van der Waals surface area contributed by atoms with Crippen molar-refractivity contribution in [1.29, 1.82) is 0 Å². The molecule has 1 aromatic rings. The van der Waals surface area contributed by atoms with Crippen molar-refractivity contribution in [3.8, 4) is 0 Å². The van der Waals surface area contributed by atoms with Gasteiger partial charge in [0.2, 0.25) is 0 Å². The van der Waals surface area contributed by atoms with Crippen LogP contribution in [0.25, 0.3) is 0 Å². The summed E-state index contributed by atoms with van der Waals surface area (Å²) in [7, 11) is 0. The zero-order valence-electron chi connectivity index (χ0n) is 9.21. The highest BCUT2D eigenvalue weighted by molar-refractivity contribution is 9.10. The summed E-state index contributed by atoms with van der Waals surface area (Å²) >= 11 is 3.64. The standard InChI is InChI=1S/C13H16BrNO/c14-12-3-1-2-11-10(12)4-5-13(11)15-9-6-7-16-8-9/h1-3,9,13,15H,4-8H2. The van der Waals surface area contributed by atoms with Crippen LogP contribution in [0.4, 0.5) is 0 Å². The number of rotatable bonds is 2. The van der Waals surface area contributed by atoms with Crippen molar-refractivity contribution in [2.24, 2.45) is 0 Å². The Balaban J connectivity index is 1.78. The summed E-state index contributed by atoms with van der Waals surface area (Å²) in [4.78, 5) is 0. The zero-order valence-corrected chi connectivity index (χ0v) is 10.8. The maximum Gasteiger partial charge on any atom is 0.0620 e. The number of hydrogen-bond donors (Lipinski definition) is 1. The molecule has 2 atom stereocenters. The third kappa shape index (κ3) is 1.92. The summed E-state index contributed by atoms with van der Waals surface area (Å²) in [5.41, 5.74) is 2.96. The minimum atomic E-state index is 0.527. The van der Waals surface area contributed by atoms with Gasteiger partial charge in [-0.15, -0.1) is 0 Å². The largest absolute Gasteiger partial charge is 0.380 e. The van der Waals surface area contributed by atoms with Gasteiger partial charge in [0, 0.05) is 23.2 Å². The highest BCUT2D eigenvalue weighted by atomic mass is 79.9. The Bertz CT molecular complexity index is 388. The second-order valence-corrected chi connectivity index (χ2v) is 5.48. The number of hydrogen-bond acceptors (Lipinski definition) is 2. The Hall–Kier alpha value is -0.380. The predicted molar refractivity (Wildman–Crippen MR) is 67.6 cm³/mol. The van der Waals surface area contributed by atoms with Crippen molar-refractivity contribution in [2.45, 2.75) is 31.3 Å². The second kappa shape index (κ2) is 4.47. The van der Waals surface area contributed by atoms with Crippen LogP contribution >= 0.6 is 15.9 Å². The maximum absolute atomic E-state index is 5.41. The Morgan fingerprint density at radius 3 is 3.06 bits per heavy atom. The lowest BCUT2D eigenvalue weighted by molar-refractivity contribution is 0.188. The quantitative estimate of drug-likeness (QED) is 0.900. The van der Waals surface area contributed by atoms with Gasteiger partial charge in [-0.3, -0.25) is 0 Å². The van der Waals surface area contributed by atoms with Crippen LogP contribution in [-0.2, 0) is 11.2 Å². The van der Waals surface area contributed by atoms with Gasteiger partial charge in [-0.1, -0.05) is 28.1 Å². The molecule has 0 spiro atoms. The molecule has 2 unspecified atom stereocenters. The summed E-state index contributed by atoms with van der Waals surface area (Å²) in [5.74, 6) is 0. The molecule has 1 heterocycles. The second-order valence-electron chi connectivity index (χ2n) is 4.63. The fourth-order valence-corrected chi connectivity index (χ4v) is 3.31. The van der Waals surface area contributed by atoms with E-state index < -0.39 is 0 Å². The van der Waals surface area contributed by atoms with E-state index in [9.17, 15) is 0 Å². The van der Waals surface area contributed by atoms with Crippen molar-refractivity contribution in [3.63, 3.8) is 0 Å². The molecule has 0 aromatic heterocycles. The molecule has 1 aliphatic heterocycles. The van der Waals surface area contributed by atoms with Crippen molar-refractivity contribution in [2.75, 3.05) is 13.2 Å². The first kappa shape index (κ1) is 10.8. The van der Waals surface area contributed by atoms with Gasteiger partial charge in [0.05, 0.1) is 6.61 Å². The zero-order chi connectivity index (χ0) is 11.0. The average Bonchev–Trinajstić information content (AvgIpc) is 2.90. The summed E-state index contributed by atoms with van der Waals surface area (Å²) in [6.45, 7) is 1.79. The van der Waals surface area contributed by atoms with E-state index in [0.29, 0.717) is 12.1 Å². The van der Waals surface area contributed by atoms with Crippen LogP contribution < -0.4 is 5.32 Å². The predicted octanol–water partition coefficient (Wildman–Crippen LogP) is 2.81. The molecular formula is C13H16BrNO. The Morgan fingerprint density at radius 2 is 2.25 bits per heavy atom. The molecule has 0 amide bonds. The number of ether oxygens (including phenoxy) is 1. The first-order chi connectivity index (χ1) is 7.84. The van der Waals surface area contributed by atoms with Gasteiger partial charge in [-0.05, 0) is 36.5 Å². The van der Waals surface area contributed by atoms with E-state index in [4.69, 9.17) is 4.74 Å². The highest BCUT2D eigenvalue weighted by Crippen LogP contribution is 2.36. The van der Waals surface area contributed by atoms with E-state index >= 15 is 0 Å². The van der Waals surface area contributed by atoms with Crippen molar-refractivity contribution >= 4 is 15.9 Å². The molecule has 0 bridgehead atoms. The topological polar surface area (TPSA) is 21.3 Å². The number of fused-ring (bicyclic) bond motifs is 1. The van der Waals surface area contributed by atoms with Gasteiger partial charge >= 0.3 is 0 Å². The first-order valence-corrected chi connectivity index (χ1v) is 6.75. The fourth-order valence-electron chi connectivity index (χ4n) is 2.73. The van der Waals surface area contributed by atoms with Gasteiger partial charge in [-0.2, -0.15) is 0 Å². The molecule has 2 nitrogen and oxygen atoms in total. The van der Waals surface area contributed by atoms with Crippen LogP contribution in [0.1, 0.15) is 30.0 Å². The summed E-state index contributed by atoms with van der Waals surface area (Å²) in [5, 5.41) is 3.72. The molecule has 3 heteroatoms. The molecular weight excluding hydrogens is 266 g/mol. The first-order valence-electron chi connectivity index (χ1n) is 5.95. The third-order valence-corrected chi connectivity index (χ3v) is 4.32. The molecule has 1 fully saturated rings. The summed E-state index contributed by atoms with van der Waals surface area (Å²) in [6.07, 6.45) is 3.55. The van der Waals surface area contributed by atoms with Crippen LogP contribution in [0.2, 0.25) is 0 Å². The lowest BCUT2D eigenvalue weighted by Gasteiger charge is -2.18. The molecule has 0 radical (unpaired) electrons. The van der Waals surface area contributed by atoms with E-state index in [0.717, 1.165) is 19.6 Å². The summed E-state index contributed by atoms with van der Waals surface area (Å²) < 4.78 is 6.67. The number of nitrogens with one attached hydrogen (secondary N) is 1. The lowest BCUT2D eigenvalue weighted by Crippen LogP contribution is -2.32. The molecule has 86 valence electrons. The van der Waals surface area contributed by atoms with Gasteiger partial charge in [-0.25, -0.2) is 0 Å². The Kier molecular flexibility index (Phi) is 3.01. The van der Waals surface area contributed by atoms with Gasteiger partial charge in [0.25, 0.3) is 0 Å². The van der Waals surface area contributed by atoms with E-state index in [1.165, 1.54) is 28.4 Å². The van der Waals surface area contributed by atoms with Crippen molar-refractivity contribution in [1.82, 2.24) is 5.32 Å². The molecule has 1 aromatic carbocycles. The lowest BCUT2D eigenvalue weighted by atomic mass is 10.1. The molecule has 2 aliphatic rings. The summed E-state index contributed by atoms with van der Waals surface area (Å²) in [6, 6.07) is 7.60.